The highest BCUT2D eigenvalue weighted by atomic mass is 35.5. The first-order chi connectivity index (χ1) is 13.5. The summed E-state index contributed by atoms with van der Waals surface area (Å²) in [5, 5.41) is 21.5. The van der Waals surface area contributed by atoms with E-state index in [9.17, 15) is 20.0 Å². The molecule has 0 fully saturated rings. The topological polar surface area (TPSA) is 103 Å². The van der Waals surface area contributed by atoms with Crippen molar-refractivity contribution in [3.05, 3.63) is 82.6 Å². The predicted octanol–water partition coefficient (Wildman–Crippen LogP) is 4.84. The first kappa shape index (κ1) is 19.0. The highest BCUT2D eigenvalue weighted by Gasteiger charge is 2.15. The van der Waals surface area contributed by atoms with Crippen molar-refractivity contribution in [2.24, 2.45) is 0 Å². The number of anilines is 1. The van der Waals surface area contributed by atoms with Crippen LogP contribution in [-0.2, 0) is 4.79 Å². The Kier molecular flexibility index (Phi) is 5.58. The number of hydrogen-bond acceptors (Lipinski definition) is 4. The van der Waals surface area contributed by atoms with E-state index in [1.54, 1.807) is 54.6 Å². The van der Waals surface area contributed by atoms with Gasteiger partial charge in [-0.1, -0.05) is 23.7 Å². The smallest absolute Gasteiger partial charge is 0.337 e. The monoisotopic (exact) mass is 392 g/mol. The van der Waals surface area contributed by atoms with E-state index >= 15 is 0 Å². The fourth-order valence-corrected chi connectivity index (χ4v) is 2.58. The Morgan fingerprint density at radius 1 is 1.07 bits per heavy atom. The molecule has 3 aromatic rings. The van der Waals surface area contributed by atoms with Crippen molar-refractivity contribution < 1.29 is 19.1 Å². The lowest BCUT2D eigenvalue weighted by Gasteiger charge is -2.07. The van der Waals surface area contributed by atoms with Gasteiger partial charge in [0.25, 0.3) is 5.91 Å². The van der Waals surface area contributed by atoms with Crippen LogP contribution in [0.25, 0.3) is 17.4 Å². The molecular formula is C21H13ClN2O4. The molecule has 0 saturated carbocycles. The molecule has 0 spiro atoms. The summed E-state index contributed by atoms with van der Waals surface area (Å²) in [6.07, 6.45) is 1.29. The summed E-state index contributed by atoms with van der Waals surface area (Å²) in [5.74, 6) is -1.06. The molecule has 1 heterocycles. The van der Waals surface area contributed by atoms with Crippen molar-refractivity contribution in [1.29, 1.82) is 5.26 Å². The van der Waals surface area contributed by atoms with Gasteiger partial charge in [0.2, 0.25) is 0 Å². The van der Waals surface area contributed by atoms with E-state index < -0.39 is 11.9 Å². The molecule has 1 amide bonds. The highest BCUT2D eigenvalue weighted by molar-refractivity contribution is 6.30. The Balaban J connectivity index is 1.83. The molecule has 138 valence electrons. The molecule has 0 saturated heterocycles. The van der Waals surface area contributed by atoms with Gasteiger partial charge in [-0.25, -0.2) is 4.79 Å². The lowest BCUT2D eigenvalue weighted by Crippen LogP contribution is -2.16. The van der Waals surface area contributed by atoms with E-state index in [4.69, 9.17) is 16.0 Å². The first-order valence-electron chi connectivity index (χ1n) is 8.09. The summed E-state index contributed by atoms with van der Waals surface area (Å²) in [7, 11) is 0. The van der Waals surface area contributed by atoms with Crippen molar-refractivity contribution in [2.75, 3.05) is 5.32 Å². The van der Waals surface area contributed by atoms with Crippen LogP contribution in [0, 0.1) is 11.3 Å². The van der Waals surface area contributed by atoms with Gasteiger partial charge < -0.3 is 14.8 Å². The average Bonchev–Trinajstić information content (AvgIpc) is 3.15. The lowest BCUT2D eigenvalue weighted by atomic mass is 10.1. The molecule has 0 aliphatic rings. The number of carboxylic acids is 1. The van der Waals surface area contributed by atoms with E-state index in [1.807, 2.05) is 0 Å². The van der Waals surface area contributed by atoms with Crippen LogP contribution in [0.4, 0.5) is 5.69 Å². The van der Waals surface area contributed by atoms with Gasteiger partial charge in [0, 0.05) is 16.7 Å². The molecular weight excluding hydrogens is 380 g/mol. The Hall–Kier alpha value is -3.82. The Morgan fingerprint density at radius 2 is 1.79 bits per heavy atom. The normalized spacial score (nSPS) is 10.9. The number of nitrogens with one attached hydrogen (secondary N) is 1. The summed E-state index contributed by atoms with van der Waals surface area (Å²) in [5.41, 5.74) is 0.596. The van der Waals surface area contributed by atoms with Crippen LogP contribution in [0.3, 0.4) is 0 Å². The molecule has 1 aromatic heterocycles. The summed E-state index contributed by atoms with van der Waals surface area (Å²) < 4.78 is 5.66. The van der Waals surface area contributed by atoms with Crippen LogP contribution in [0.2, 0.25) is 5.02 Å². The Morgan fingerprint density at radius 3 is 2.46 bits per heavy atom. The number of amides is 1. The third-order valence-corrected chi connectivity index (χ3v) is 4.06. The minimum Gasteiger partial charge on any atom is -0.478 e. The van der Waals surface area contributed by atoms with Gasteiger partial charge in [0.15, 0.2) is 0 Å². The van der Waals surface area contributed by atoms with Crippen molar-refractivity contribution >= 4 is 35.2 Å². The molecule has 0 aliphatic heterocycles. The van der Waals surface area contributed by atoms with Crippen LogP contribution in [0.5, 0.6) is 0 Å². The maximum Gasteiger partial charge on any atom is 0.337 e. The average molecular weight is 393 g/mol. The molecule has 2 aromatic carbocycles. The standard InChI is InChI=1S/C21H13ClN2O4/c22-15-7-5-13(6-8-15)19-10-9-16(28-19)11-14(12-23)20(25)24-18-4-2-1-3-17(18)21(26)27/h1-11H,(H,24,25)(H,26,27)/b14-11+. The zero-order valence-corrected chi connectivity index (χ0v) is 15.1. The second-order valence-electron chi connectivity index (χ2n) is 5.68. The number of nitriles is 1. The van der Waals surface area contributed by atoms with Crippen molar-refractivity contribution in [1.82, 2.24) is 0 Å². The number of halogens is 1. The van der Waals surface area contributed by atoms with Crippen molar-refractivity contribution in [2.45, 2.75) is 0 Å². The molecule has 0 radical (unpaired) electrons. The zero-order valence-electron chi connectivity index (χ0n) is 14.3. The van der Waals surface area contributed by atoms with Gasteiger partial charge in [-0.2, -0.15) is 5.26 Å². The Bertz CT molecular complexity index is 1110. The molecule has 28 heavy (non-hydrogen) atoms. The molecule has 0 atom stereocenters. The maximum absolute atomic E-state index is 12.4. The minimum atomic E-state index is -1.18. The van der Waals surface area contributed by atoms with E-state index in [2.05, 4.69) is 5.32 Å². The van der Waals surface area contributed by atoms with E-state index in [0.717, 1.165) is 5.56 Å². The molecule has 7 heteroatoms. The quantitative estimate of drug-likeness (QED) is 0.477. The molecule has 0 unspecified atom stereocenters. The fourth-order valence-electron chi connectivity index (χ4n) is 2.46. The largest absolute Gasteiger partial charge is 0.478 e. The third kappa shape index (κ3) is 4.29. The predicted molar refractivity (Wildman–Crippen MR) is 105 cm³/mol. The van der Waals surface area contributed by atoms with Crippen LogP contribution < -0.4 is 5.32 Å². The van der Waals surface area contributed by atoms with E-state index in [0.29, 0.717) is 16.5 Å². The lowest BCUT2D eigenvalue weighted by molar-refractivity contribution is -0.112. The Labute approximate surface area is 165 Å². The molecule has 3 rings (SSSR count). The van der Waals surface area contributed by atoms with Crippen molar-refractivity contribution in [3.8, 4) is 17.4 Å². The summed E-state index contributed by atoms with van der Waals surface area (Å²) in [4.78, 5) is 23.6. The fraction of sp³-hybridized carbons (Fsp3) is 0. The van der Waals surface area contributed by atoms with Crippen LogP contribution in [0.1, 0.15) is 16.1 Å². The minimum absolute atomic E-state index is 0.0730. The van der Waals surface area contributed by atoms with Crippen LogP contribution in [-0.4, -0.2) is 17.0 Å². The number of nitrogens with zero attached hydrogens (tertiary/aromatic N) is 1. The second kappa shape index (κ2) is 8.25. The van der Waals surface area contributed by atoms with Crippen molar-refractivity contribution in [3.63, 3.8) is 0 Å². The number of para-hydroxylation sites is 1. The number of aromatic carboxylic acids is 1. The number of hydrogen-bond donors (Lipinski definition) is 2. The molecule has 0 bridgehead atoms. The van der Waals surface area contributed by atoms with Gasteiger partial charge in [0.1, 0.15) is 23.2 Å². The second-order valence-corrected chi connectivity index (χ2v) is 6.12. The molecule has 2 N–H and O–H groups in total. The van der Waals surface area contributed by atoms with Gasteiger partial charge in [0.05, 0.1) is 11.3 Å². The van der Waals surface area contributed by atoms with Gasteiger partial charge in [-0.05, 0) is 48.5 Å². The molecule has 6 nitrogen and oxygen atoms in total. The zero-order chi connectivity index (χ0) is 20.1. The SMILES string of the molecule is N#C/C(=C\c1ccc(-c2ccc(Cl)cc2)o1)C(=O)Nc1ccccc1C(=O)O. The van der Waals surface area contributed by atoms with Gasteiger partial charge in [-0.3, -0.25) is 4.79 Å². The maximum atomic E-state index is 12.4. The van der Waals surface area contributed by atoms with Gasteiger partial charge >= 0.3 is 5.97 Å². The summed E-state index contributed by atoms with van der Waals surface area (Å²) in [6, 6.07) is 18.1. The number of furan rings is 1. The number of carbonyl (C=O) groups excluding carboxylic acids is 1. The van der Waals surface area contributed by atoms with Gasteiger partial charge in [-0.15, -0.1) is 0 Å². The van der Waals surface area contributed by atoms with Crippen LogP contribution >= 0.6 is 11.6 Å². The van der Waals surface area contributed by atoms with E-state index in [-0.39, 0.29) is 16.8 Å². The number of rotatable bonds is 5. The highest BCUT2D eigenvalue weighted by Crippen LogP contribution is 2.25. The number of carbonyl (C=O) groups is 2. The first-order valence-corrected chi connectivity index (χ1v) is 8.47. The third-order valence-electron chi connectivity index (χ3n) is 3.81. The summed E-state index contributed by atoms with van der Waals surface area (Å²) in [6.45, 7) is 0. The number of carboxylic acid groups (broad SMARTS) is 1. The molecule has 0 aliphatic carbocycles. The van der Waals surface area contributed by atoms with Crippen LogP contribution in [0.15, 0.2) is 70.7 Å². The summed E-state index contributed by atoms with van der Waals surface area (Å²) >= 11 is 5.87. The number of benzene rings is 2. The van der Waals surface area contributed by atoms with E-state index in [1.165, 1.54) is 18.2 Å².